The number of aromatic nitrogens is 1. The Bertz CT molecular complexity index is 526. The van der Waals surface area contributed by atoms with E-state index >= 15 is 0 Å². The lowest BCUT2D eigenvalue weighted by molar-refractivity contribution is 0.230. The minimum atomic E-state index is -3.33. The SMILES string of the molecule is CCC1CN(S(=O)(=O)Cc2cc(C)on2)CCC1N. The highest BCUT2D eigenvalue weighted by atomic mass is 32.2. The van der Waals surface area contributed by atoms with Gasteiger partial charge in [0.05, 0.1) is 0 Å². The van der Waals surface area contributed by atoms with Gasteiger partial charge in [0.2, 0.25) is 10.0 Å². The van der Waals surface area contributed by atoms with E-state index in [1.165, 1.54) is 4.31 Å². The predicted octanol–water partition coefficient (Wildman–Crippen LogP) is 0.872. The number of aryl methyl sites for hydroxylation is 1. The van der Waals surface area contributed by atoms with E-state index in [0.717, 1.165) is 12.8 Å². The molecule has 7 heteroatoms. The Hall–Kier alpha value is -0.920. The summed E-state index contributed by atoms with van der Waals surface area (Å²) in [6.45, 7) is 4.80. The molecule has 108 valence electrons. The van der Waals surface area contributed by atoms with Crippen LogP contribution in [0.15, 0.2) is 10.6 Å². The Kier molecular flexibility index (Phi) is 4.27. The average molecular weight is 287 g/mol. The molecule has 0 amide bonds. The molecule has 0 radical (unpaired) electrons. The zero-order valence-corrected chi connectivity index (χ0v) is 12.2. The summed E-state index contributed by atoms with van der Waals surface area (Å²) in [5, 5.41) is 3.74. The van der Waals surface area contributed by atoms with Gasteiger partial charge < -0.3 is 10.3 Å². The summed E-state index contributed by atoms with van der Waals surface area (Å²) in [5.74, 6) is 0.760. The quantitative estimate of drug-likeness (QED) is 0.887. The highest BCUT2D eigenvalue weighted by Crippen LogP contribution is 2.22. The highest BCUT2D eigenvalue weighted by molar-refractivity contribution is 7.88. The van der Waals surface area contributed by atoms with Crippen LogP contribution in [0.3, 0.4) is 0 Å². The van der Waals surface area contributed by atoms with Crippen LogP contribution in [0, 0.1) is 12.8 Å². The second-order valence-corrected chi connectivity index (χ2v) is 7.13. The predicted molar refractivity (Wildman–Crippen MR) is 71.8 cm³/mol. The van der Waals surface area contributed by atoms with Crippen LogP contribution in [-0.4, -0.2) is 37.0 Å². The van der Waals surface area contributed by atoms with Gasteiger partial charge in [0, 0.05) is 25.2 Å². The third-order valence-corrected chi connectivity index (χ3v) is 5.46. The lowest BCUT2D eigenvalue weighted by Gasteiger charge is -2.35. The van der Waals surface area contributed by atoms with E-state index in [0.29, 0.717) is 24.5 Å². The maximum atomic E-state index is 12.3. The Balaban J connectivity index is 2.07. The number of nitrogens with zero attached hydrogens (tertiary/aromatic N) is 2. The van der Waals surface area contributed by atoms with Crippen LogP contribution in [0.1, 0.15) is 31.2 Å². The molecule has 19 heavy (non-hydrogen) atoms. The van der Waals surface area contributed by atoms with Crippen molar-refractivity contribution in [2.45, 2.75) is 38.5 Å². The third-order valence-electron chi connectivity index (χ3n) is 3.68. The molecule has 2 atom stereocenters. The minimum Gasteiger partial charge on any atom is -0.361 e. The van der Waals surface area contributed by atoms with Crippen LogP contribution in [0.2, 0.25) is 0 Å². The molecule has 0 aliphatic carbocycles. The molecule has 1 fully saturated rings. The minimum absolute atomic E-state index is 0.101. The molecule has 2 unspecified atom stereocenters. The number of rotatable bonds is 4. The van der Waals surface area contributed by atoms with E-state index in [2.05, 4.69) is 5.16 Å². The molecular weight excluding hydrogens is 266 g/mol. The molecule has 1 aliphatic heterocycles. The van der Waals surface area contributed by atoms with Crippen molar-refractivity contribution < 1.29 is 12.9 Å². The molecule has 2 rings (SSSR count). The van der Waals surface area contributed by atoms with Gasteiger partial charge in [-0.1, -0.05) is 18.5 Å². The molecule has 0 aromatic carbocycles. The summed E-state index contributed by atoms with van der Waals surface area (Å²) < 4.78 is 31.1. The molecule has 2 N–H and O–H groups in total. The van der Waals surface area contributed by atoms with Gasteiger partial charge in [-0.3, -0.25) is 0 Å². The van der Waals surface area contributed by atoms with Crippen molar-refractivity contribution in [3.05, 3.63) is 17.5 Å². The summed E-state index contributed by atoms with van der Waals surface area (Å²) in [6, 6.07) is 1.76. The molecule has 6 nitrogen and oxygen atoms in total. The van der Waals surface area contributed by atoms with E-state index in [4.69, 9.17) is 10.3 Å². The Labute approximate surface area is 114 Å². The first kappa shape index (κ1) is 14.5. The van der Waals surface area contributed by atoms with Gasteiger partial charge in [-0.25, -0.2) is 12.7 Å². The first-order valence-electron chi connectivity index (χ1n) is 6.58. The van der Waals surface area contributed by atoms with E-state index in [-0.39, 0.29) is 17.7 Å². The van der Waals surface area contributed by atoms with Gasteiger partial charge in [-0.15, -0.1) is 0 Å². The first-order valence-corrected chi connectivity index (χ1v) is 8.19. The van der Waals surface area contributed by atoms with Crippen LogP contribution in [0.4, 0.5) is 0 Å². The summed E-state index contributed by atoms with van der Waals surface area (Å²) in [5.41, 5.74) is 6.46. The van der Waals surface area contributed by atoms with E-state index in [1.807, 2.05) is 6.92 Å². The van der Waals surface area contributed by atoms with Crippen molar-refractivity contribution >= 4 is 10.0 Å². The van der Waals surface area contributed by atoms with Gasteiger partial charge >= 0.3 is 0 Å². The number of hydrogen-bond acceptors (Lipinski definition) is 5. The smallest absolute Gasteiger partial charge is 0.219 e. The molecule has 0 saturated carbocycles. The topological polar surface area (TPSA) is 89.4 Å². The van der Waals surface area contributed by atoms with Crippen molar-refractivity contribution in [3.63, 3.8) is 0 Å². The Morgan fingerprint density at radius 2 is 2.32 bits per heavy atom. The van der Waals surface area contributed by atoms with E-state index in [1.54, 1.807) is 13.0 Å². The van der Waals surface area contributed by atoms with Crippen molar-refractivity contribution in [1.82, 2.24) is 9.46 Å². The highest BCUT2D eigenvalue weighted by Gasteiger charge is 2.32. The largest absolute Gasteiger partial charge is 0.361 e. The van der Waals surface area contributed by atoms with Gasteiger partial charge in [-0.2, -0.15) is 0 Å². The van der Waals surface area contributed by atoms with Crippen molar-refractivity contribution in [1.29, 1.82) is 0 Å². The number of hydrogen-bond donors (Lipinski definition) is 1. The third kappa shape index (κ3) is 3.34. The van der Waals surface area contributed by atoms with Crippen molar-refractivity contribution in [3.8, 4) is 0 Å². The molecule has 1 aliphatic rings. The molecular formula is C12H21N3O3S. The lowest BCUT2D eigenvalue weighted by Crippen LogP contribution is -2.49. The zero-order chi connectivity index (χ0) is 14.0. The lowest BCUT2D eigenvalue weighted by atomic mass is 9.92. The fraction of sp³-hybridized carbons (Fsp3) is 0.750. The summed E-state index contributed by atoms with van der Waals surface area (Å²) in [6.07, 6.45) is 1.62. The number of piperidine rings is 1. The molecule has 1 aromatic heterocycles. The van der Waals surface area contributed by atoms with Crippen LogP contribution in [0.5, 0.6) is 0 Å². The second-order valence-electron chi connectivity index (χ2n) is 5.16. The van der Waals surface area contributed by atoms with Crippen LogP contribution >= 0.6 is 0 Å². The van der Waals surface area contributed by atoms with Gasteiger partial charge in [0.1, 0.15) is 17.2 Å². The maximum Gasteiger partial charge on any atom is 0.219 e. The monoisotopic (exact) mass is 287 g/mol. The molecule has 1 aromatic rings. The Morgan fingerprint density at radius 3 is 2.89 bits per heavy atom. The fourth-order valence-corrected chi connectivity index (χ4v) is 3.96. The molecule has 2 heterocycles. The van der Waals surface area contributed by atoms with E-state index < -0.39 is 10.0 Å². The van der Waals surface area contributed by atoms with Crippen molar-refractivity contribution in [2.75, 3.05) is 13.1 Å². The van der Waals surface area contributed by atoms with Crippen LogP contribution < -0.4 is 5.73 Å². The molecule has 1 saturated heterocycles. The first-order chi connectivity index (χ1) is 8.92. The maximum absolute atomic E-state index is 12.3. The molecule has 0 bridgehead atoms. The molecule has 0 spiro atoms. The number of nitrogens with two attached hydrogens (primary N) is 1. The Morgan fingerprint density at radius 1 is 1.58 bits per heavy atom. The summed E-state index contributed by atoms with van der Waals surface area (Å²) >= 11 is 0. The average Bonchev–Trinajstić information content (AvgIpc) is 2.74. The standard InChI is InChI=1S/C12H21N3O3S/c1-3-10-7-15(5-4-12(10)13)19(16,17)8-11-6-9(2)18-14-11/h6,10,12H,3-5,7-8,13H2,1-2H3. The zero-order valence-electron chi connectivity index (χ0n) is 11.4. The van der Waals surface area contributed by atoms with E-state index in [9.17, 15) is 8.42 Å². The van der Waals surface area contributed by atoms with Crippen molar-refractivity contribution in [2.24, 2.45) is 11.7 Å². The van der Waals surface area contributed by atoms with Gasteiger partial charge in [0.15, 0.2) is 0 Å². The van der Waals surface area contributed by atoms with Crippen LogP contribution in [0.25, 0.3) is 0 Å². The number of sulfonamides is 1. The summed E-state index contributed by atoms with van der Waals surface area (Å²) in [4.78, 5) is 0. The van der Waals surface area contributed by atoms with Gasteiger partial charge in [-0.05, 0) is 19.3 Å². The second kappa shape index (κ2) is 5.60. The normalized spacial score (nSPS) is 25.6. The fourth-order valence-electron chi connectivity index (χ4n) is 2.47. The van der Waals surface area contributed by atoms with Gasteiger partial charge in [0.25, 0.3) is 0 Å². The van der Waals surface area contributed by atoms with Crippen LogP contribution in [-0.2, 0) is 15.8 Å². The summed E-state index contributed by atoms with van der Waals surface area (Å²) in [7, 11) is -3.33.